The fraction of sp³-hybridized carbons (Fsp3) is 0.583. The summed E-state index contributed by atoms with van der Waals surface area (Å²) < 4.78 is 0. The topological polar surface area (TPSA) is 71.3 Å². The SMILES string of the molecule is CNc1ccc([N+](=O)[O-])c(N(C)C2CCCC2)n1. The number of nitrogens with zero attached hydrogens (tertiary/aromatic N) is 3. The number of nitrogens with one attached hydrogen (secondary N) is 1. The van der Waals surface area contributed by atoms with Crippen LogP contribution in [0.25, 0.3) is 0 Å². The zero-order chi connectivity index (χ0) is 13.1. The van der Waals surface area contributed by atoms with Crippen LogP contribution in [0.1, 0.15) is 25.7 Å². The second-order valence-corrected chi connectivity index (χ2v) is 4.60. The molecule has 0 atom stereocenters. The van der Waals surface area contributed by atoms with E-state index in [1.165, 1.54) is 18.9 Å². The van der Waals surface area contributed by atoms with Gasteiger partial charge in [0.2, 0.25) is 5.82 Å². The summed E-state index contributed by atoms with van der Waals surface area (Å²) in [5.74, 6) is 1.11. The second-order valence-electron chi connectivity index (χ2n) is 4.60. The van der Waals surface area contributed by atoms with Crippen molar-refractivity contribution in [3.05, 3.63) is 22.2 Å². The predicted molar refractivity (Wildman–Crippen MR) is 71.1 cm³/mol. The second kappa shape index (κ2) is 5.20. The molecule has 6 heteroatoms. The standard InChI is InChI=1S/C12H18N4O2/c1-13-11-8-7-10(16(17)18)12(14-11)15(2)9-5-3-4-6-9/h7-9H,3-6H2,1-2H3,(H,13,14). The quantitative estimate of drug-likeness (QED) is 0.656. The average Bonchev–Trinajstić information content (AvgIpc) is 2.90. The molecule has 0 saturated heterocycles. The van der Waals surface area contributed by atoms with Crippen molar-refractivity contribution in [2.75, 3.05) is 24.3 Å². The van der Waals surface area contributed by atoms with E-state index < -0.39 is 0 Å². The highest BCUT2D eigenvalue weighted by molar-refractivity contribution is 5.61. The smallest absolute Gasteiger partial charge is 0.311 e. The van der Waals surface area contributed by atoms with Crippen LogP contribution in [0.4, 0.5) is 17.3 Å². The molecule has 0 aromatic carbocycles. The van der Waals surface area contributed by atoms with Gasteiger partial charge in [-0.3, -0.25) is 10.1 Å². The lowest BCUT2D eigenvalue weighted by Gasteiger charge is -2.25. The number of aromatic nitrogens is 1. The van der Waals surface area contributed by atoms with Gasteiger partial charge in [0.25, 0.3) is 0 Å². The molecule has 2 rings (SSSR count). The van der Waals surface area contributed by atoms with Crippen molar-refractivity contribution < 1.29 is 4.92 Å². The molecule has 1 aliphatic rings. The average molecular weight is 250 g/mol. The van der Waals surface area contributed by atoms with E-state index in [2.05, 4.69) is 10.3 Å². The van der Waals surface area contributed by atoms with Crippen LogP contribution in [-0.4, -0.2) is 30.0 Å². The Hall–Kier alpha value is -1.85. The molecule has 1 fully saturated rings. The Morgan fingerprint density at radius 3 is 2.67 bits per heavy atom. The molecule has 1 aromatic heterocycles. The summed E-state index contributed by atoms with van der Waals surface area (Å²) in [6, 6.07) is 3.51. The number of pyridine rings is 1. The summed E-state index contributed by atoms with van der Waals surface area (Å²) in [6.45, 7) is 0. The van der Waals surface area contributed by atoms with Gasteiger partial charge in [-0.25, -0.2) is 4.98 Å². The van der Waals surface area contributed by atoms with E-state index in [4.69, 9.17) is 0 Å². The van der Waals surface area contributed by atoms with Gasteiger partial charge in [-0.05, 0) is 18.9 Å². The van der Waals surface area contributed by atoms with E-state index in [0.29, 0.717) is 17.7 Å². The van der Waals surface area contributed by atoms with E-state index in [-0.39, 0.29) is 10.6 Å². The molecule has 1 saturated carbocycles. The molecule has 18 heavy (non-hydrogen) atoms. The molecule has 98 valence electrons. The van der Waals surface area contributed by atoms with Crippen LogP contribution in [-0.2, 0) is 0 Å². The number of anilines is 2. The van der Waals surface area contributed by atoms with Crippen LogP contribution in [0.15, 0.2) is 12.1 Å². The molecule has 0 spiro atoms. The zero-order valence-electron chi connectivity index (χ0n) is 10.7. The summed E-state index contributed by atoms with van der Waals surface area (Å²) in [4.78, 5) is 17.0. The van der Waals surface area contributed by atoms with Crippen LogP contribution < -0.4 is 10.2 Å². The molecule has 0 unspecified atom stereocenters. The zero-order valence-corrected chi connectivity index (χ0v) is 10.7. The lowest BCUT2D eigenvalue weighted by Crippen LogP contribution is -2.30. The third-order valence-electron chi connectivity index (χ3n) is 3.51. The van der Waals surface area contributed by atoms with Crippen molar-refractivity contribution in [3.8, 4) is 0 Å². The van der Waals surface area contributed by atoms with Gasteiger partial charge in [-0.1, -0.05) is 12.8 Å². The minimum absolute atomic E-state index is 0.0726. The normalized spacial score (nSPS) is 15.7. The van der Waals surface area contributed by atoms with E-state index in [9.17, 15) is 10.1 Å². The molecule has 6 nitrogen and oxygen atoms in total. The highest BCUT2D eigenvalue weighted by Crippen LogP contribution is 2.32. The van der Waals surface area contributed by atoms with Gasteiger partial charge in [0, 0.05) is 26.2 Å². The Morgan fingerprint density at radius 2 is 2.11 bits per heavy atom. The summed E-state index contributed by atoms with van der Waals surface area (Å²) >= 11 is 0. The first-order chi connectivity index (χ1) is 8.63. The van der Waals surface area contributed by atoms with E-state index in [0.717, 1.165) is 12.8 Å². The minimum atomic E-state index is -0.368. The molecule has 0 aliphatic heterocycles. The molecule has 0 amide bonds. The van der Waals surface area contributed by atoms with Gasteiger partial charge < -0.3 is 10.2 Å². The molecular weight excluding hydrogens is 232 g/mol. The molecule has 1 aliphatic carbocycles. The van der Waals surface area contributed by atoms with Gasteiger partial charge in [0.1, 0.15) is 5.82 Å². The molecule has 1 N–H and O–H groups in total. The Morgan fingerprint density at radius 1 is 1.44 bits per heavy atom. The molecule has 0 radical (unpaired) electrons. The van der Waals surface area contributed by atoms with E-state index in [1.807, 2.05) is 11.9 Å². The van der Waals surface area contributed by atoms with Gasteiger partial charge >= 0.3 is 5.69 Å². The highest BCUT2D eigenvalue weighted by Gasteiger charge is 2.26. The van der Waals surface area contributed by atoms with Crippen molar-refractivity contribution in [1.82, 2.24) is 4.98 Å². The summed E-state index contributed by atoms with van der Waals surface area (Å²) in [5, 5.41) is 14.0. The maximum Gasteiger partial charge on any atom is 0.311 e. The van der Waals surface area contributed by atoms with Crippen LogP contribution in [0.5, 0.6) is 0 Å². The Bertz CT molecular complexity index is 444. The van der Waals surface area contributed by atoms with Gasteiger partial charge in [-0.15, -0.1) is 0 Å². The molecule has 1 heterocycles. The van der Waals surface area contributed by atoms with Crippen LogP contribution >= 0.6 is 0 Å². The first kappa shape index (κ1) is 12.6. The van der Waals surface area contributed by atoms with Crippen molar-refractivity contribution >= 4 is 17.3 Å². The number of hydrogen-bond acceptors (Lipinski definition) is 5. The largest absolute Gasteiger partial charge is 0.373 e. The summed E-state index contributed by atoms with van der Waals surface area (Å²) in [7, 11) is 3.65. The Balaban J connectivity index is 2.35. The number of rotatable bonds is 4. The van der Waals surface area contributed by atoms with Crippen molar-refractivity contribution in [3.63, 3.8) is 0 Å². The highest BCUT2D eigenvalue weighted by atomic mass is 16.6. The maximum atomic E-state index is 11.1. The monoisotopic (exact) mass is 250 g/mol. The van der Waals surface area contributed by atoms with E-state index >= 15 is 0 Å². The fourth-order valence-electron chi connectivity index (χ4n) is 2.45. The Labute approximate surface area is 106 Å². The third kappa shape index (κ3) is 2.37. The fourth-order valence-corrected chi connectivity index (χ4v) is 2.45. The van der Waals surface area contributed by atoms with Gasteiger partial charge in [0.05, 0.1) is 4.92 Å². The molecular formula is C12H18N4O2. The van der Waals surface area contributed by atoms with Crippen molar-refractivity contribution in [2.45, 2.75) is 31.7 Å². The van der Waals surface area contributed by atoms with Crippen LogP contribution in [0.2, 0.25) is 0 Å². The molecule has 1 aromatic rings. The van der Waals surface area contributed by atoms with Gasteiger partial charge in [0.15, 0.2) is 0 Å². The summed E-state index contributed by atoms with van der Waals surface area (Å²) in [6.07, 6.45) is 4.54. The number of nitro groups is 1. The third-order valence-corrected chi connectivity index (χ3v) is 3.51. The lowest BCUT2D eigenvalue weighted by molar-refractivity contribution is -0.384. The number of hydrogen-bond donors (Lipinski definition) is 1. The van der Waals surface area contributed by atoms with Gasteiger partial charge in [-0.2, -0.15) is 0 Å². The first-order valence-electron chi connectivity index (χ1n) is 6.19. The lowest BCUT2D eigenvalue weighted by atomic mass is 10.2. The Kier molecular flexibility index (Phi) is 3.64. The van der Waals surface area contributed by atoms with E-state index in [1.54, 1.807) is 13.1 Å². The summed E-state index contributed by atoms with van der Waals surface area (Å²) in [5.41, 5.74) is 0.0726. The van der Waals surface area contributed by atoms with Crippen molar-refractivity contribution in [2.24, 2.45) is 0 Å². The maximum absolute atomic E-state index is 11.1. The minimum Gasteiger partial charge on any atom is -0.373 e. The predicted octanol–water partition coefficient (Wildman–Crippen LogP) is 2.41. The van der Waals surface area contributed by atoms with Crippen LogP contribution in [0.3, 0.4) is 0 Å². The molecule has 0 bridgehead atoms. The van der Waals surface area contributed by atoms with Crippen LogP contribution in [0, 0.1) is 10.1 Å². The first-order valence-corrected chi connectivity index (χ1v) is 6.19. The van der Waals surface area contributed by atoms with Crippen molar-refractivity contribution in [1.29, 1.82) is 0 Å².